The first-order chi connectivity index (χ1) is 7.62. The molecule has 0 aliphatic rings. The van der Waals surface area contributed by atoms with Crippen LogP contribution in [0.3, 0.4) is 0 Å². The van der Waals surface area contributed by atoms with Crippen LogP contribution in [0.1, 0.15) is 0 Å². The van der Waals surface area contributed by atoms with Gasteiger partial charge in [-0.1, -0.05) is 18.2 Å². The molecular formula is C11H8O4S. The molecule has 1 aromatic heterocycles. The van der Waals surface area contributed by atoms with Gasteiger partial charge < -0.3 is 4.42 Å². The van der Waals surface area contributed by atoms with E-state index in [0.29, 0.717) is 0 Å². The number of sulfone groups is 1. The lowest BCUT2D eigenvalue weighted by molar-refractivity contribution is 0.488. The van der Waals surface area contributed by atoms with Gasteiger partial charge in [0.15, 0.2) is 4.90 Å². The third-order valence-electron chi connectivity index (χ3n) is 2.05. The highest BCUT2D eigenvalue weighted by Crippen LogP contribution is 2.16. The van der Waals surface area contributed by atoms with Gasteiger partial charge in [0.05, 0.1) is 11.2 Å². The highest BCUT2D eigenvalue weighted by molar-refractivity contribution is 7.91. The molecule has 0 saturated carbocycles. The van der Waals surface area contributed by atoms with Crippen molar-refractivity contribution in [1.29, 1.82) is 0 Å². The molecule has 0 N–H and O–H groups in total. The van der Waals surface area contributed by atoms with Crippen molar-refractivity contribution in [2.45, 2.75) is 9.79 Å². The van der Waals surface area contributed by atoms with Gasteiger partial charge in [-0.25, -0.2) is 13.2 Å². The number of hydrogen-bond donors (Lipinski definition) is 0. The summed E-state index contributed by atoms with van der Waals surface area (Å²) in [5, 5.41) is 0. The van der Waals surface area contributed by atoms with Crippen molar-refractivity contribution in [3.05, 3.63) is 59.1 Å². The number of hydrogen-bond acceptors (Lipinski definition) is 4. The number of benzene rings is 1. The summed E-state index contributed by atoms with van der Waals surface area (Å²) in [5.41, 5.74) is -0.855. The molecule has 0 saturated heterocycles. The van der Waals surface area contributed by atoms with E-state index in [-0.39, 0.29) is 9.79 Å². The lowest BCUT2D eigenvalue weighted by Crippen LogP contribution is -2.13. The second-order valence-electron chi connectivity index (χ2n) is 3.08. The monoisotopic (exact) mass is 236 g/mol. The fraction of sp³-hybridized carbons (Fsp3) is 0. The van der Waals surface area contributed by atoms with E-state index in [9.17, 15) is 13.2 Å². The van der Waals surface area contributed by atoms with Gasteiger partial charge in [-0.05, 0) is 24.3 Å². The Labute approximate surface area is 92.1 Å². The minimum Gasteiger partial charge on any atom is -0.430 e. The topological polar surface area (TPSA) is 64.3 Å². The molecule has 16 heavy (non-hydrogen) atoms. The SMILES string of the molecule is O=c1occcc1S(=O)(=O)c1ccccc1. The van der Waals surface area contributed by atoms with Crippen molar-refractivity contribution in [2.75, 3.05) is 0 Å². The van der Waals surface area contributed by atoms with Crippen LogP contribution in [-0.4, -0.2) is 8.42 Å². The fourth-order valence-corrected chi connectivity index (χ4v) is 2.57. The average molecular weight is 236 g/mol. The first-order valence-electron chi connectivity index (χ1n) is 4.50. The smallest absolute Gasteiger partial charge is 0.354 e. The summed E-state index contributed by atoms with van der Waals surface area (Å²) in [6, 6.07) is 10.4. The summed E-state index contributed by atoms with van der Waals surface area (Å²) >= 11 is 0. The Bertz CT molecular complexity index is 641. The molecule has 2 rings (SSSR count). The Kier molecular flexibility index (Phi) is 2.62. The maximum atomic E-state index is 12.0. The molecule has 0 atom stereocenters. The predicted molar refractivity (Wildman–Crippen MR) is 56.9 cm³/mol. The largest absolute Gasteiger partial charge is 0.430 e. The first-order valence-corrected chi connectivity index (χ1v) is 5.98. The van der Waals surface area contributed by atoms with Crippen LogP contribution in [-0.2, 0) is 9.84 Å². The van der Waals surface area contributed by atoms with Crippen molar-refractivity contribution in [3.63, 3.8) is 0 Å². The van der Waals surface area contributed by atoms with Crippen molar-refractivity contribution in [1.82, 2.24) is 0 Å². The minimum atomic E-state index is -3.78. The van der Waals surface area contributed by atoms with Gasteiger partial charge in [0.1, 0.15) is 0 Å². The minimum absolute atomic E-state index is 0.0773. The van der Waals surface area contributed by atoms with Gasteiger partial charge in [-0.15, -0.1) is 0 Å². The highest BCUT2D eigenvalue weighted by Gasteiger charge is 2.21. The maximum Gasteiger partial charge on any atom is 0.354 e. The average Bonchev–Trinajstić information content (AvgIpc) is 2.30. The van der Waals surface area contributed by atoms with E-state index in [1.807, 2.05) is 0 Å². The van der Waals surface area contributed by atoms with Gasteiger partial charge >= 0.3 is 5.63 Å². The molecule has 0 bridgehead atoms. The summed E-state index contributed by atoms with van der Waals surface area (Å²) < 4.78 is 28.5. The molecule has 82 valence electrons. The second kappa shape index (κ2) is 3.94. The molecule has 0 amide bonds. The highest BCUT2D eigenvalue weighted by atomic mass is 32.2. The quantitative estimate of drug-likeness (QED) is 0.792. The van der Waals surface area contributed by atoms with E-state index < -0.39 is 15.5 Å². The van der Waals surface area contributed by atoms with Crippen LogP contribution in [0.25, 0.3) is 0 Å². The summed E-state index contributed by atoms with van der Waals surface area (Å²) in [5.74, 6) is 0. The molecule has 0 aliphatic heterocycles. The van der Waals surface area contributed by atoms with Crippen LogP contribution in [0.4, 0.5) is 0 Å². The Morgan fingerprint density at radius 3 is 2.25 bits per heavy atom. The normalized spacial score (nSPS) is 11.2. The molecule has 1 heterocycles. The molecule has 0 radical (unpaired) electrons. The number of rotatable bonds is 2. The van der Waals surface area contributed by atoms with Gasteiger partial charge in [0, 0.05) is 0 Å². The zero-order chi connectivity index (χ0) is 11.6. The molecule has 0 unspecified atom stereocenters. The zero-order valence-electron chi connectivity index (χ0n) is 8.16. The maximum absolute atomic E-state index is 12.0. The zero-order valence-corrected chi connectivity index (χ0v) is 8.98. The van der Waals surface area contributed by atoms with E-state index in [1.54, 1.807) is 18.2 Å². The molecular weight excluding hydrogens is 228 g/mol. The Hall–Kier alpha value is -1.88. The van der Waals surface area contributed by atoms with Crippen LogP contribution in [0.5, 0.6) is 0 Å². The third kappa shape index (κ3) is 1.77. The lowest BCUT2D eigenvalue weighted by atomic mass is 10.4. The third-order valence-corrected chi connectivity index (χ3v) is 3.82. The summed E-state index contributed by atoms with van der Waals surface area (Å²) in [6.45, 7) is 0. The Morgan fingerprint density at radius 2 is 1.62 bits per heavy atom. The van der Waals surface area contributed by atoms with E-state index in [1.165, 1.54) is 24.3 Å². The van der Waals surface area contributed by atoms with E-state index in [0.717, 1.165) is 6.26 Å². The molecule has 2 aromatic rings. The van der Waals surface area contributed by atoms with Gasteiger partial charge in [-0.3, -0.25) is 0 Å². The molecule has 0 fully saturated rings. The van der Waals surface area contributed by atoms with Crippen LogP contribution in [0.15, 0.2) is 67.7 Å². The second-order valence-corrected chi connectivity index (χ2v) is 5.00. The Morgan fingerprint density at radius 1 is 0.938 bits per heavy atom. The molecule has 5 heteroatoms. The molecule has 0 aliphatic carbocycles. The van der Waals surface area contributed by atoms with Crippen molar-refractivity contribution in [2.24, 2.45) is 0 Å². The van der Waals surface area contributed by atoms with Crippen LogP contribution in [0, 0.1) is 0 Å². The van der Waals surface area contributed by atoms with Crippen LogP contribution < -0.4 is 5.63 Å². The summed E-state index contributed by atoms with van der Waals surface area (Å²) in [6.07, 6.45) is 1.15. The van der Waals surface area contributed by atoms with Crippen molar-refractivity contribution < 1.29 is 12.8 Å². The molecule has 1 aromatic carbocycles. The van der Waals surface area contributed by atoms with E-state index in [4.69, 9.17) is 0 Å². The van der Waals surface area contributed by atoms with Crippen LogP contribution in [0.2, 0.25) is 0 Å². The Balaban J connectivity index is 2.66. The summed E-state index contributed by atoms with van der Waals surface area (Å²) in [4.78, 5) is 11.0. The molecule has 4 nitrogen and oxygen atoms in total. The van der Waals surface area contributed by atoms with Crippen molar-refractivity contribution in [3.8, 4) is 0 Å². The molecule has 0 spiro atoms. The van der Waals surface area contributed by atoms with Crippen molar-refractivity contribution >= 4 is 9.84 Å². The lowest BCUT2D eigenvalue weighted by Gasteiger charge is -2.01. The van der Waals surface area contributed by atoms with E-state index in [2.05, 4.69) is 4.42 Å². The van der Waals surface area contributed by atoms with E-state index >= 15 is 0 Å². The van der Waals surface area contributed by atoms with Crippen LogP contribution >= 0.6 is 0 Å². The standard InChI is InChI=1S/C11H8O4S/c12-11-10(7-4-8-15-11)16(13,14)9-5-2-1-3-6-9/h1-8H. The fourth-order valence-electron chi connectivity index (χ4n) is 1.28. The predicted octanol–water partition coefficient (Wildman–Crippen LogP) is 1.47. The van der Waals surface area contributed by atoms with Gasteiger partial charge in [-0.2, -0.15) is 0 Å². The van der Waals surface area contributed by atoms with Gasteiger partial charge in [0.25, 0.3) is 0 Å². The summed E-state index contributed by atoms with van der Waals surface area (Å²) in [7, 11) is -3.78. The van der Waals surface area contributed by atoms with Gasteiger partial charge in [0.2, 0.25) is 9.84 Å². The first kappa shape index (κ1) is 10.6.